The summed E-state index contributed by atoms with van der Waals surface area (Å²) in [6.45, 7) is 11.2. The summed E-state index contributed by atoms with van der Waals surface area (Å²) in [7, 11) is -4.27. The van der Waals surface area contributed by atoms with Gasteiger partial charge in [0, 0.05) is 83.7 Å². The number of hydrogen-bond acceptors (Lipinski definition) is 6. The van der Waals surface area contributed by atoms with Gasteiger partial charge in [-0.15, -0.1) is 0 Å². The van der Waals surface area contributed by atoms with Crippen molar-refractivity contribution in [2.45, 2.75) is 90.0 Å². The number of nitrogens with zero attached hydrogens (tertiary/aromatic N) is 3. The van der Waals surface area contributed by atoms with Gasteiger partial charge in [-0.2, -0.15) is 4.58 Å². The van der Waals surface area contributed by atoms with Crippen LogP contribution < -0.4 is 15.1 Å². The minimum absolute atomic E-state index is 0.0434. The summed E-state index contributed by atoms with van der Waals surface area (Å²) in [5, 5.41) is 7.85. The first kappa shape index (κ1) is 50.6. The van der Waals surface area contributed by atoms with Crippen molar-refractivity contribution in [1.29, 1.82) is 0 Å². The van der Waals surface area contributed by atoms with Crippen molar-refractivity contribution in [1.82, 2.24) is 5.32 Å². The molecule has 9 nitrogen and oxygen atoms in total. The fourth-order valence-corrected chi connectivity index (χ4v) is 11.6. The lowest BCUT2D eigenvalue weighted by atomic mass is 9.79. The summed E-state index contributed by atoms with van der Waals surface area (Å²) < 4.78 is 36.6. The lowest BCUT2D eigenvalue weighted by molar-refractivity contribution is -0.438. The Labute approximate surface area is 431 Å². The van der Waals surface area contributed by atoms with Gasteiger partial charge >= 0.3 is 0 Å². The topological polar surface area (TPSA) is 113 Å². The van der Waals surface area contributed by atoms with Crippen LogP contribution >= 0.6 is 0 Å². The number of unbranched alkanes of at least 4 members (excludes halogenated alkanes) is 3. The fourth-order valence-electron chi connectivity index (χ4n) is 11.1. The Morgan fingerprint density at radius 2 is 1.33 bits per heavy atom. The number of rotatable bonds is 18. The first-order chi connectivity index (χ1) is 35.2. The Bertz CT molecular complexity index is 3440. The fraction of sp³-hybridized carbons (Fsp3) is 0.286. The lowest BCUT2D eigenvalue weighted by Gasteiger charge is -2.27. The number of allylic oxidation sites excluding steroid dienone is 8. The van der Waals surface area contributed by atoms with Gasteiger partial charge in [-0.25, -0.2) is 8.42 Å². The van der Waals surface area contributed by atoms with Crippen molar-refractivity contribution >= 4 is 66.3 Å². The molecule has 0 saturated heterocycles. The molecule has 10 heteroatoms. The van der Waals surface area contributed by atoms with Crippen LogP contribution in [-0.4, -0.2) is 60.5 Å². The summed E-state index contributed by atoms with van der Waals surface area (Å²) in [6, 6.07) is 41.4. The second kappa shape index (κ2) is 21.8. The van der Waals surface area contributed by atoms with Gasteiger partial charge in [0.25, 0.3) is 0 Å². The normalized spacial score (nSPS) is 16.2. The van der Waals surface area contributed by atoms with Gasteiger partial charge in [-0.05, 0) is 109 Å². The van der Waals surface area contributed by atoms with E-state index in [-0.39, 0.29) is 41.4 Å². The Morgan fingerprint density at radius 1 is 0.671 bits per heavy atom. The molecule has 73 heavy (non-hydrogen) atoms. The molecule has 0 unspecified atom stereocenters. The van der Waals surface area contributed by atoms with E-state index < -0.39 is 10.1 Å². The van der Waals surface area contributed by atoms with Gasteiger partial charge < -0.3 is 19.7 Å². The molecule has 6 aromatic rings. The zero-order chi connectivity index (χ0) is 51.2. The van der Waals surface area contributed by atoms with Gasteiger partial charge in [0.15, 0.2) is 5.71 Å². The Hall–Kier alpha value is -7.32. The summed E-state index contributed by atoms with van der Waals surface area (Å²) in [5.41, 5.74) is 10.2. The number of anilines is 2. The van der Waals surface area contributed by atoms with Crippen LogP contribution in [0.4, 0.5) is 17.1 Å². The molecule has 372 valence electrons. The molecular weight excluding hydrogens is 925 g/mol. The molecule has 6 aromatic carbocycles. The molecule has 0 radical (unpaired) electrons. The van der Waals surface area contributed by atoms with Crippen LogP contribution in [-0.2, 0) is 37.1 Å². The molecular formula is C63H64N4O5S. The maximum atomic E-state index is 13.7. The average molecular weight is 989 g/mol. The number of amides is 2. The predicted octanol–water partition coefficient (Wildman–Crippen LogP) is 12.1. The molecule has 0 bridgehead atoms. The molecule has 3 heterocycles. The van der Waals surface area contributed by atoms with E-state index in [1.165, 1.54) is 44.1 Å². The smallest absolute Gasteiger partial charge is 0.229 e. The SMILES string of the molecule is CC1(C)C(=CC=CC=CC=CC2=[N+](CCCCCC(=O)NCCC(=O)N3Cc4ccccc4C#Cc4ccccc43)c3ccc4ccccc4c3C2(C)C)N(CCCCS(=O)(=O)[O-])c2ccc3ccccc3c21. The number of hydrogen-bond donors (Lipinski definition) is 1. The zero-order valence-electron chi connectivity index (χ0n) is 42.4. The molecule has 0 atom stereocenters. The van der Waals surface area contributed by atoms with E-state index in [1.807, 2.05) is 60.7 Å². The second-order valence-corrected chi connectivity index (χ2v) is 21.8. The number of carbonyl (C=O) groups excluding carboxylic acids is 2. The Balaban J connectivity index is 0.841. The van der Waals surface area contributed by atoms with E-state index in [2.05, 4.69) is 158 Å². The minimum atomic E-state index is -4.27. The number of para-hydroxylation sites is 1. The summed E-state index contributed by atoms with van der Waals surface area (Å²) >= 11 is 0. The Morgan fingerprint density at radius 3 is 2.11 bits per heavy atom. The van der Waals surface area contributed by atoms with Crippen LogP contribution in [0.2, 0.25) is 0 Å². The number of nitrogens with one attached hydrogen (secondary N) is 1. The van der Waals surface area contributed by atoms with Crippen molar-refractivity contribution in [2.24, 2.45) is 0 Å². The quantitative estimate of drug-likeness (QED) is 0.0302. The molecule has 1 N–H and O–H groups in total. The highest BCUT2D eigenvalue weighted by atomic mass is 32.2. The highest BCUT2D eigenvalue weighted by Gasteiger charge is 2.45. The van der Waals surface area contributed by atoms with Crippen LogP contribution in [0.15, 0.2) is 170 Å². The molecule has 0 spiro atoms. The standard InChI is InChI=1S/C63H64N4O5S/c1-62(2)56(31-9-6-5-7-10-32-57-63(3,4)61-52-29-18-15-25-48(52)37-39-55(61)66(57)43-21-22-44-73(70,71)72)65(54-38-36-47-24-14-17-28-51(47)60(54)62)42-20-8-11-33-58(68)64-41-40-59(69)67-45-50-27-13-12-23-46(50)34-35-49-26-16-19-30-53(49)67/h5-7,9-10,12-19,23-32,36-39H,8,11,20-22,33,40-45H2,1-4H3,(H-,64,68,70,71,72). The van der Waals surface area contributed by atoms with Crippen LogP contribution in [0.3, 0.4) is 0 Å². The van der Waals surface area contributed by atoms with Gasteiger partial charge in [0.2, 0.25) is 17.5 Å². The van der Waals surface area contributed by atoms with Crippen LogP contribution in [0, 0.1) is 11.8 Å². The predicted molar refractivity (Wildman–Crippen MR) is 297 cm³/mol. The molecule has 0 fully saturated rings. The number of benzene rings is 6. The third kappa shape index (κ3) is 11.0. The van der Waals surface area contributed by atoms with Gasteiger partial charge in [0.05, 0.1) is 27.8 Å². The van der Waals surface area contributed by atoms with Crippen molar-refractivity contribution in [3.8, 4) is 11.8 Å². The monoisotopic (exact) mass is 988 g/mol. The van der Waals surface area contributed by atoms with Crippen LogP contribution in [0.5, 0.6) is 0 Å². The van der Waals surface area contributed by atoms with Gasteiger partial charge in [-0.3, -0.25) is 9.59 Å². The van der Waals surface area contributed by atoms with Crippen LogP contribution in [0.1, 0.15) is 100 Å². The lowest BCUT2D eigenvalue weighted by Crippen LogP contribution is -2.35. The van der Waals surface area contributed by atoms with Crippen molar-refractivity contribution in [3.05, 3.63) is 197 Å². The van der Waals surface area contributed by atoms with Crippen LogP contribution in [0.25, 0.3) is 21.5 Å². The Kier molecular flexibility index (Phi) is 15.1. The molecule has 0 saturated carbocycles. The minimum Gasteiger partial charge on any atom is -0.748 e. The highest BCUT2D eigenvalue weighted by molar-refractivity contribution is 7.85. The van der Waals surface area contributed by atoms with E-state index in [4.69, 9.17) is 0 Å². The molecule has 3 aliphatic rings. The van der Waals surface area contributed by atoms with E-state index in [1.54, 1.807) is 4.90 Å². The summed E-state index contributed by atoms with van der Waals surface area (Å²) in [4.78, 5) is 30.8. The van der Waals surface area contributed by atoms with Crippen molar-refractivity contribution in [2.75, 3.05) is 35.2 Å². The molecule has 9 rings (SSSR count). The summed E-state index contributed by atoms with van der Waals surface area (Å²) in [6.07, 6.45) is 18.7. The summed E-state index contributed by atoms with van der Waals surface area (Å²) in [5.74, 6) is 6.05. The first-order valence-electron chi connectivity index (χ1n) is 25.6. The molecule has 3 aliphatic heterocycles. The second-order valence-electron chi connectivity index (χ2n) is 20.3. The number of carbonyl (C=O) groups is 2. The molecule has 2 amide bonds. The highest BCUT2D eigenvalue weighted by Crippen LogP contribution is 2.51. The zero-order valence-corrected chi connectivity index (χ0v) is 43.2. The maximum Gasteiger partial charge on any atom is 0.229 e. The largest absolute Gasteiger partial charge is 0.748 e. The molecule has 0 aromatic heterocycles. The van der Waals surface area contributed by atoms with Crippen molar-refractivity contribution in [3.63, 3.8) is 0 Å². The van der Waals surface area contributed by atoms with Gasteiger partial charge in [-0.1, -0.05) is 141 Å². The first-order valence-corrected chi connectivity index (χ1v) is 27.2. The third-order valence-electron chi connectivity index (χ3n) is 14.6. The van der Waals surface area contributed by atoms with E-state index in [9.17, 15) is 22.6 Å². The van der Waals surface area contributed by atoms with Gasteiger partial charge in [0.1, 0.15) is 6.54 Å². The average Bonchev–Trinajstić information content (AvgIpc) is 3.73. The van der Waals surface area contributed by atoms with E-state index in [0.29, 0.717) is 32.4 Å². The van der Waals surface area contributed by atoms with E-state index >= 15 is 0 Å². The van der Waals surface area contributed by atoms with Crippen molar-refractivity contribution < 1.29 is 27.1 Å². The molecule has 0 aliphatic carbocycles. The van der Waals surface area contributed by atoms with E-state index in [0.717, 1.165) is 59.6 Å². The maximum absolute atomic E-state index is 13.7. The number of fused-ring (bicyclic) bond motifs is 8. The third-order valence-corrected chi connectivity index (χ3v) is 15.4.